The van der Waals surface area contributed by atoms with Gasteiger partial charge in [-0.25, -0.2) is 8.37 Å². The van der Waals surface area contributed by atoms with Gasteiger partial charge in [-0.15, -0.1) is 0 Å². The lowest BCUT2D eigenvalue weighted by Gasteiger charge is -2.15. The second kappa shape index (κ2) is 12.8. The van der Waals surface area contributed by atoms with Crippen LogP contribution in [0.5, 0.6) is 11.5 Å². The molecule has 0 aromatic heterocycles. The maximum Gasteiger partial charge on any atom is 0.397 e. The van der Waals surface area contributed by atoms with Gasteiger partial charge in [-0.1, -0.05) is 38.1 Å². The molecule has 0 bridgehead atoms. The van der Waals surface area contributed by atoms with Gasteiger partial charge in [0.25, 0.3) is 0 Å². The van der Waals surface area contributed by atoms with E-state index < -0.39 is 20.8 Å². The summed E-state index contributed by atoms with van der Waals surface area (Å²) in [6, 6.07) is 14.8. The lowest BCUT2D eigenvalue weighted by Crippen LogP contribution is -2.11. The van der Waals surface area contributed by atoms with Gasteiger partial charge < -0.3 is 9.47 Å². The fourth-order valence-corrected chi connectivity index (χ4v) is 3.84. The molecule has 0 aliphatic rings. The van der Waals surface area contributed by atoms with E-state index in [9.17, 15) is 16.8 Å². The molecule has 34 heavy (non-hydrogen) atoms. The van der Waals surface area contributed by atoms with E-state index in [4.69, 9.17) is 18.6 Å². The Bertz CT molecular complexity index is 1060. The summed E-state index contributed by atoms with van der Waals surface area (Å²) in [6.07, 6.45) is 1.58. The largest absolute Gasteiger partial charge is 0.491 e. The molecule has 2 aromatic carbocycles. The average Bonchev–Trinajstić information content (AvgIpc) is 2.78. The number of hydrogen-bond acceptors (Lipinski definition) is 8. The van der Waals surface area contributed by atoms with Crippen molar-refractivity contribution in [3.05, 3.63) is 59.7 Å². The van der Waals surface area contributed by atoms with E-state index in [-0.39, 0.29) is 26.4 Å². The third kappa shape index (κ3) is 9.79. The lowest BCUT2D eigenvalue weighted by atomic mass is 9.91. The number of benzene rings is 2. The van der Waals surface area contributed by atoms with Crippen LogP contribution in [-0.4, -0.2) is 52.4 Å². The molecule has 0 saturated heterocycles. The van der Waals surface area contributed by atoms with Gasteiger partial charge in [0.05, 0.1) is 0 Å². The number of ether oxygens (including phenoxy) is 2. The van der Waals surface area contributed by atoms with Crippen molar-refractivity contribution < 1.29 is 43.8 Å². The molecule has 0 radical (unpaired) electrons. The predicted molar refractivity (Wildman–Crippen MR) is 126 cm³/mol. The van der Waals surface area contributed by atoms with Crippen molar-refractivity contribution in [2.24, 2.45) is 0 Å². The Kier molecular flexibility index (Phi) is 10.5. The SMILES string of the molecule is CC/C(=C(/CC)c1ccc(OCCOS(=O)(=O)O)cc1)c1ccc(OCCOS(=O)(=O)O)cc1. The maximum absolute atomic E-state index is 10.5. The molecular formula is C22H28O10S2. The summed E-state index contributed by atoms with van der Waals surface area (Å²) in [6.45, 7) is 3.46. The highest BCUT2D eigenvalue weighted by Gasteiger charge is 2.11. The zero-order valence-corrected chi connectivity index (χ0v) is 20.5. The van der Waals surface area contributed by atoms with Crippen LogP contribution in [0.25, 0.3) is 11.1 Å². The van der Waals surface area contributed by atoms with Crippen LogP contribution >= 0.6 is 0 Å². The second-order valence-corrected chi connectivity index (χ2v) is 9.09. The molecule has 0 atom stereocenters. The van der Waals surface area contributed by atoms with Crippen LogP contribution in [0.3, 0.4) is 0 Å². The molecule has 2 rings (SSSR count). The molecule has 188 valence electrons. The van der Waals surface area contributed by atoms with Crippen LogP contribution in [0.2, 0.25) is 0 Å². The molecule has 0 spiro atoms. The topological polar surface area (TPSA) is 146 Å². The Hall–Kier alpha value is -2.48. The zero-order valence-electron chi connectivity index (χ0n) is 18.8. The summed E-state index contributed by atoms with van der Waals surface area (Å²) in [5.74, 6) is 1.08. The van der Waals surface area contributed by atoms with Crippen LogP contribution in [-0.2, 0) is 29.2 Å². The summed E-state index contributed by atoms with van der Waals surface area (Å²) in [4.78, 5) is 0. The summed E-state index contributed by atoms with van der Waals surface area (Å²) in [5.41, 5.74) is 4.34. The number of rotatable bonds is 14. The minimum absolute atomic E-state index is 0.0355. The van der Waals surface area contributed by atoms with Crippen molar-refractivity contribution in [3.8, 4) is 11.5 Å². The molecule has 0 fully saturated rings. The van der Waals surface area contributed by atoms with Crippen molar-refractivity contribution in [1.29, 1.82) is 0 Å². The van der Waals surface area contributed by atoms with Crippen molar-refractivity contribution in [1.82, 2.24) is 0 Å². The van der Waals surface area contributed by atoms with Gasteiger partial charge >= 0.3 is 20.8 Å². The number of hydrogen-bond donors (Lipinski definition) is 2. The Morgan fingerprint density at radius 3 is 1.21 bits per heavy atom. The van der Waals surface area contributed by atoms with Gasteiger partial charge in [0.1, 0.15) is 37.9 Å². The first-order valence-electron chi connectivity index (χ1n) is 10.4. The van der Waals surface area contributed by atoms with Crippen molar-refractivity contribution in [2.45, 2.75) is 26.7 Å². The molecule has 0 saturated carbocycles. The fraction of sp³-hybridized carbons (Fsp3) is 0.364. The van der Waals surface area contributed by atoms with E-state index in [1.807, 2.05) is 24.3 Å². The molecule has 0 amide bonds. The molecule has 0 heterocycles. The van der Waals surface area contributed by atoms with Gasteiger partial charge in [-0.05, 0) is 59.4 Å². The highest BCUT2D eigenvalue weighted by molar-refractivity contribution is 7.81. The summed E-state index contributed by atoms with van der Waals surface area (Å²) in [5, 5.41) is 0. The zero-order chi connectivity index (χ0) is 25.2. The maximum atomic E-state index is 10.5. The van der Waals surface area contributed by atoms with E-state index >= 15 is 0 Å². The molecule has 2 N–H and O–H groups in total. The molecule has 10 nitrogen and oxygen atoms in total. The van der Waals surface area contributed by atoms with Crippen LogP contribution in [0.4, 0.5) is 0 Å². The minimum atomic E-state index is -4.48. The normalized spacial score (nSPS) is 12.8. The smallest absolute Gasteiger partial charge is 0.397 e. The molecular weight excluding hydrogens is 488 g/mol. The van der Waals surface area contributed by atoms with Crippen molar-refractivity contribution >= 4 is 31.9 Å². The fourth-order valence-electron chi connectivity index (χ4n) is 3.29. The van der Waals surface area contributed by atoms with E-state index in [0.29, 0.717) is 11.5 Å². The first kappa shape index (κ1) is 27.8. The molecule has 2 aromatic rings. The van der Waals surface area contributed by atoms with Gasteiger partial charge in [-0.2, -0.15) is 16.8 Å². The molecule has 0 aliphatic heterocycles. The van der Waals surface area contributed by atoms with E-state index in [2.05, 4.69) is 22.2 Å². The molecule has 0 aliphatic carbocycles. The van der Waals surface area contributed by atoms with Gasteiger partial charge in [-0.3, -0.25) is 9.11 Å². The third-order valence-corrected chi connectivity index (χ3v) is 5.57. The molecule has 0 unspecified atom stereocenters. The first-order valence-corrected chi connectivity index (χ1v) is 13.2. The van der Waals surface area contributed by atoms with E-state index in [1.54, 1.807) is 24.3 Å². The highest BCUT2D eigenvalue weighted by Crippen LogP contribution is 2.33. The van der Waals surface area contributed by atoms with Gasteiger partial charge in [0.15, 0.2) is 0 Å². The second-order valence-electron chi connectivity index (χ2n) is 6.91. The van der Waals surface area contributed by atoms with Crippen LogP contribution in [0.15, 0.2) is 48.5 Å². The van der Waals surface area contributed by atoms with Crippen LogP contribution in [0, 0.1) is 0 Å². The first-order chi connectivity index (χ1) is 16.0. The average molecular weight is 517 g/mol. The minimum Gasteiger partial charge on any atom is -0.491 e. The molecule has 12 heteroatoms. The van der Waals surface area contributed by atoms with Gasteiger partial charge in [0, 0.05) is 0 Å². The van der Waals surface area contributed by atoms with Crippen molar-refractivity contribution in [3.63, 3.8) is 0 Å². The lowest BCUT2D eigenvalue weighted by molar-refractivity contribution is 0.201. The Morgan fingerprint density at radius 1 is 0.618 bits per heavy atom. The number of allylic oxidation sites excluding steroid dienone is 2. The third-order valence-electron chi connectivity index (χ3n) is 4.65. The summed E-state index contributed by atoms with van der Waals surface area (Å²) < 4.78 is 78.6. The Morgan fingerprint density at radius 2 is 0.941 bits per heavy atom. The monoisotopic (exact) mass is 516 g/mol. The van der Waals surface area contributed by atoms with E-state index in [1.165, 1.54) is 0 Å². The predicted octanol–water partition coefficient (Wildman–Crippen LogP) is 3.81. The highest BCUT2D eigenvalue weighted by atomic mass is 32.3. The Labute approximate surface area is 200 Å². The standard InChI is InChI=1S/C22H28O10S2/c1-3-21(17-5-9-19(10-6-17)29-13-15-31-33(23,24)25)22(4-2)18-7-11-20(12-8-18)30-14-16-32-34(26,27)28/h5-12H,3-4,13-16H2,1-2H3,(H,23,24,25)(H,26,27,28)/b22-21+. The van der Waals surface area contributed by atoms with Crippen molar-refractivity contribution in [2.75, 3.05) is 26.4 Å². The Balaban J connectivity index is 2.07. The van der Waals surface area contributed by atoms with Crippen LogP contribution in [0.1, 0.15) is 37.8 Å². The van der Waals surface area contributed by atoms with E-state index in [0.717, 1.165) is 35.1 Å². The van der Waals surface area contributed by atoms with Crippen LogP contribution < -0.4 is 9.47 Å². The quantitative estimate of drug-likeness (QED) is 0.216. The summed E-state index contributed by atoms with van der Waals surface area (Å²) in [7, 11) is -8.97. The summed E-state index contributed by atoms with van der Waals surface area (Å²) >= 11 is 0. The van der Waals surface area contributed by atoms with Gasteiger partial charge in [0.2, 0.25) is 0 Å².